The fourth-order valence-corrected chi connectivity index (χ4v) is 5.12. The van der Waals surface area contributed by atoms with Gasteiger partial charge in [0.25, 0.3) is 5.91 Å². The van der Waals surface area contributed by atoms with Crippen molar-refractivity contribution in [1.82, 2.24) is 15.3 Å². The largest absolute Gasteiger partial charge is 0.453 e. The molecule has 6 N–H and O–H groups in total. The van der Waals surface area contributed by atoms with Crippen LogP contribution in [0.1, 0.15) is 77.8 Å². The molecule has 1 saturated carbocycles. The minimum atomic E-state index is -0.630. The zero-order valence-corrected chi connectivity index (χ0v) is 22.4. The van der Waals surface area contributed by atoms with E-state index in [9.17, 15) is 14.4 Å². The summed E-state index contributed by atoms with van der Waals surface area (Å²) in [6.45, 7) is 0.444. The molecule has 39 heavy (non-hydrogen) atoms. The van der Waals surface area contributed by atoms with E-state index in [0.29, 0.717) is 72.2 Å². The Morgan fingerprint density at radius 1 is 1.15 bits per heavy atom. The van der Waals surface area contributed by atoms with E-state index in [1.807, 2.05) is 12.1 Å². The molecular weight excluding hydrogens is 520 g/mol. The van der Waals surface area contributed by atoms with Crippen LogP contribution in [0, 0.1) is 0 Å². The van der Waals surface area contributed by atoms with Crippen molar-refractivity contribution in [3.05, 3.63) is 64.1 Å². The number of fused-ring (bicyclic) bond motifs is 4. The van der Waals surface area contributed by atoms with E-state index in [4.69, 9.17) is 22.3 Å². The van der Waals surface area contributed by atoms with Gasteiger partial charge in [-0.15, -0.1) is 0 Å². The lowest BCUT2D eigenvalue weighted by atomic mass is 9.99. The Morgan fingerprint density at radius 3 is 2.72 bits per heavy atom. The molecule has 1 fully saturated rings. The van der Waals surface area contributed by atoms with Gasteiger partial charge in [-0.05, 0) is 73.1 Å². The maximum absolute atomic E-state index is 13.4. The average Bonchev–Trinajstić information content (AvgIpc) is 3.71. The summed E-state index contributed by atoms with van der Waals surface area (Å²) >= 11 is 6.60. The van der Waals surface area contributed by atoms with Gasteiger partial charge in [0.1, 0.15) is 16.7 Å². The van der Waals surface area contributed by atoms with Gasteiger partial charge in [0.2, 0.25) is 5.91 Å². The summed E-state index contributed by atoms with van der Waals surface area (Å²) in [6, 6.07) is 10.3. The minimum Gasteiger partial charge on any atom is -0.453 e. The van der Waals surface area contributed by atoms with Gasteiger partial charge in [-0.1, -0.05) is 24.1 Å². The summed E-state index contributed by atoms with van der Waals surface area (Å²) in [5.74, 6) is 0.619. The summed E-state index contributed by atoms with van der Waals surface area (Å²) in [5.41, 5.74) is 10.6. The number of aromatic amines is 1. The Morgan fingerprint density at radius 2 is 1.97 bits per heavy atom. The van der Waals surface area contributed by atoms with Crippen molar-refractivity contribution in [2.45, 2.75) is 57.0 Å². The van der Waals surface area contributed by atoms with Gasteiger partial charge in [-0.3, -0.25) is 14.9 Å². The first kappa shape index (κ1) is 26.7. The number of hydrogen-bond donors (Lipinski definition) is 5. The molecule has 1 aliphatic heterocycles. The van der Waals surface area contributed by atoms with Gasteiger partial charge in [0, 0.05) is 29.8 Å². The summed E-state index contributed by atoms with van der Waals surface area (Å²) < 4.78 is 4.67. The Kier molecular flexibility index (Phi) is 7.85. The second kappa shape index (κ2) is 11.5. The molecule has 1 aromatic heterocycles. The number of nitrogens with two attached hydrogens (primary N) is 1. The number of methoxy groups -OCH3 is 1. The molecular formula is C28H31ClN6O4. The normalized spacial score (nSPS) is 17.2. The number of halogens is 1. The van der Waals surface area contributed by atoms with Crippen LogP contribution in [0.3, 0.4) is 0 Å². The third-order valence-electron chi connectivity index (χ3n) is 7.09. The molecule has 2 aromatic carbocycles. The molecule has 0 spiro atoms. The highest BCUT2D eigenvalue weighted by molar-refractivity contribution is 6.32. The second-order valence-corrected chi connectivity index (χ2v) is 10.3. The molecule has 2 heterocycles. The quantitative estimate of drug-likeness (QED) is 0.293. The molecule has 10 nitrogen and oxygen atoms in total. The lowest BCUT2D eigenvalue weighted by Crippen LogP contribution is -2.29. The molecule has 3 amide bonds. The number of imidazole rings is 1. The summed E-state index contributed by atoms with van der Waals surface area (Å²) in [5, 5.41) is 8.90. The van der Waals surface area contributed by atoms with Crippen molar-refractivity contribution in [3.8, 4) is 11.3 Å². The fourth-order valence-electron chi connectivity index (χ4n) is 4.88. The maximum Gasteiger partial charge on any atom is 0.411 e. The number of aromatic nitrogens is 2. The Bertz CT molecular complexity index is 1420. The highest BCUT2D eigenvalue weighted by atomic mass is 35.5. The number of rotatable bonds is 5. The molecule has 1 atom stereocenters. The van der Waals surface area contributed by atoms with Crippen molar-refractivity contribution in [2.24, 2.45) is 5.73 Å². The highest BCUT2D eigenvalue weighted by Crippen LogP contribution is 2.42. The number of benzene rings is 2. The lowest BCUT2D eigenvalue weighted by Gasteiger charge is -2.18. The van der Waals surface area contributed by atoms with Gasteiger partial charge in [-0.25, -0.2) is 9.78 Å². The second-order valence-electron chi connectivity index (χ2n) is 9.87. The average molecular weight is 551 g/mol. The first-order chi connectivity index (χ1) is 18.9. The Balaban J connectivity index is 1.45. The molecule has 5 rings (SSSR count). The zero-order valence-electron chi connectivity index (χ0n) is 21.6. The van der Waals surface area contributed by atoms with Crippen molar-refractivity contribution < 1.29 is 19.1 Å². The van der Waals surface area contributed by atoms with Gasteiger partial charge < -0.3 is 26.1 Å². The van der Waals surface area contributed by atoms with Crippen molar-refractivity contribution >= 4 is 40.9 Å². The van der Waals surface area contributed by atoms with E-state index in [0.717, 1.165) is 24.0 Å². The van der Waals surface area contributed by atoms with Gasteiger partial charge >= 0.3 is 6.09 Å². The lowest BCUT2D eigenvalue weighted by molar-refractivity contribution is -0.116. The summed E-state index contributed by atoms with van der Waals surface area (Å²) in [4.78, 5) is 45.6. The van der Waals surface area contributed by atoms with Crippen molar-refractivity contribution in [3.63, 3.8) is 0 Å². The summed E-state index contributed by atoms with van der Waals surface area (Å²) in [6.07, 6.45) is 3.77. The third-order valence-corrected chi connectivity index (χ3v) is 7.36. The number of anilines is 2. The number of carbonyl (C=O) groups is 3. The van der Waals surface area contributed by atoms with E-state index < -0.39 is 12.1 Å². The van der Waals surface area contributed by atoms with Crippen LogP contribution in [0.15, 0.2) is 36.4 Å². The van der Waals surface area contributed by atoms with Crippen LogP contribution in [0.4, 0.5) is 16.2 Å². The van der Waals surface area contributed by atoms with Crippen LogP contribution in [-0.2, 0) is 16.1 Å². The minimum absolute atomic E-state index is 0.174. The third kappa shape index (κ3) is 6.07. The Labute approximate surface area is 231 Å². The predicted octanol–water partition coefficient (Wildman–Crippen LogP) is 5.23. The number of nitrogens with zero attached hydrogens (tertiary/aromatic N) is 1. The van der Waals surface area contributed by atoms with Crippen LogP contribution in [0.2, 0.25) is 5.15 Å². The maximum atomic E-state index is 13.4. The van der Waals surface area contributed by atoms with Crippen LogP contribution in [0.5, 0.6) is 0 Å². The first-order valence-electron chi connectivity index (χ1n) is 13.0. The molecule has 0 saturated heterocycles. The number of nitrogens with one attached hydrogen (secondary N) is 4. The standard InChI is InChI=1S/C28H31ClN6O4/c1-39-28(38)31-18-10-11-19-22(13-18)32-23(36)5-3-2-4-21(26-34-24(19)25(29)35-26)33-27(37)16-8-9-17(14-30)20(12-16)15-6-7-15/h8-13,15,21H,2-7,14,30H2,1H3,(H,31,38)(H,32,36)(H,33,37)(H,34,35)/t21-/m0/s1. The van der Waals surface area contributed by atoms with E-state index in [-0.39, 0.29) is 17.0 Å². The van der Waals surface area contributed by atoms with Crippen LogP contribution in [0.25, 0.3) is 11.3 Å². The van der Waals surface area contributed by atoms with E-state index in [2.05, 4.69) is 25.7 Å². The predicted molar refractivity (Wildman–Crippen MR) is 149 cm³/mol. The van der Waals surface area contributed by atoms with E-state index in [1.54, 1.807) is 24.3 Å². The molecule has 11 heteroatoms. The first-order valence-corrected chi connectivity index (χ1v) is 13.4. The number of ether oxygens (including phenoxy) is 1. The van der Waals surface area contributed by atoms with E-state index in [1.165, 1.54) is 7.11 Å². The monoisotopic (exact) mass is 550 g/mol. The van der Waals surface area contributed by atoms with Gasteiger partial charge in [0.05, 0.1) is 18.8 Å². The molecule has 0 unspecified atom stereocenters. The number of hydrogen-bond acceptors (Lipinski definition) is 6. The topological polar surface area (TPSA) is 151 Å². The molecule has 1 aliphatic carbocycles. The molecule has 2 aliphatic rings. The number of amides is 3. The molecule has 204 valence electrons. The van der Waals surface area contributed by atoms with E-state index >= 15 is 0 Å². The molecule has 3 aromatic rings. The SMILES string of the molecule is COC(=O)Nc1ccc2c(c1)NC(=O)CCCC[C@H](NC(=O)c1ccc(CN)c(C3CC3)c1)c1nc-2c(Cl)[nH]1. The number of H-pyrrole nitrogens is 1. The summed E-state index contributed by atoms with van der Waals surface area (Å²) in [7, 11) is 1.27. The van der Waals surface area contributed by atoms with Crippen LogP contribution in [-0.4, -0.2) is 35.0 Å². The Hall–Kier alpha value is -3.89. The van der Waals surface area contributed by atoms with Crippen molar-refractivity contribution in [2.75, 3.05) is 17.7 Å². The molecule has 0 radical (unpaired) electrons. The van der Waals surface area contributed by atoms with Crippen LogP contribution >= 0.6 is 11.6 Å². The van der Waals surface area contributed by atoms with Gasteiger partial charge in [-0.2, -0.15) is 0 Å². The number of carbonyl (C=O) groups excluding carboxylic acids is 3. The molecule has 2 bridgehead atoms. The van der Waals surface area contributed by atoms with Crippen molar-refractivity contribution in [1.29, 1.82) is 0 Å². The fraction of sp³-hybridized carbons (Fsp3) is 0.357. The van der Waals surface area contributed by atoms with Crippen LogP contribution < -0.4 is 21.7 Å². The highest BCUT2D eigenvalue weighted by Gasteiger charge is 2.28. The smallest absolute Gasteiger partial charge is 0.411 e. The zero-order chi connectivity index (χ0) is 27.5. The van der Waals surface area contributed by atoms with Gasteiger partial charge in [0.15, 0.2) is 0 Å².